The molecule has 0 spiro atoms. The lowest BCUT2D eigenvalue weighted by molar-refractivity contribution is 0.577. The molecule has 1 aromatic rings. The van der Waals surface area contributed by atoms with E-state index in [0.29, 0.717) is 0 Å². The highest BCUT2D eigenvalue weighted by Crippen LogP contribution is 2.31. The molecule has 1 aliphatic heterocycles. The van der Waals surface area contributed by atoms with Crippen molar-refractivity contribution in [3.05, 3.63) is 40.7 Å². The summed E-state index contributed by atoms with van der Waals surface area (Å²) in [6.07, 6.45) is 3.36. The van der Waals surface area contributed by atoms with Gasteiger partial charge in [-0.3, -0.25) is 0 Å². The van der Waals surface area contributed by atoms with E-state index in [0.717, 1.165) is 37.2 Å². The number of benzene rings is 1. The molecule has 0 aliphatic carbocycles. The van der Waals surface area contributed by atoms with E-state index in [2.05, 4.69) is 37.1 Å². The van der Waals surface area contributed by atoms with Crippen LogP contribution in [0.15, 0.2) is 23.8 Å². The van der Waals surface area contributed by atoms with Crippen molar-refractivity contribution in [3.63, 3.8) is 0 Å². The third kappa shape index (κ3) is 3.21. The molecule has 0 saturated carbocycles. The van der Waals surface area contributed by atoms with Gasteiger partial charge in [0, 0.05) is 24.8 Å². The van der Waals surface area contributed by atoms with Gasteiger partial charge in [-0.15, -0.1) is 0 Å². The van der Waals surface area contributed by atoms with Gasteiger partial charge in [-0.2, -0.15) is 0 Å². The van der Waals surface area contributed by atoms with Crippen molar-refractivity contribution in [3.8, 4) is 0 Å². The van der Waals surface area contributed by atoms with E-state index in [1.165, 1.54) is 11.3 Å². The van der Waals surface area contributed by atoms with Crippen molar-refractivity contribution in [2.45, 2.75) is 40.2 Å². The number of aryl methyl sites for hydroxylation is 1. The van der Waals surface area contributed by atoms with E-state index < -0.39 is 0 Å². The molecule has 1 atom stereocenters. The van der Waals surface area contributed by atoms with Gasteiger partial charge in [-0.25, -0.2) is 4.39 Å². The lowest BCUT2D eigenvalue weighted by Gasteiger charge is -2.32. The number of nitrogens with one attached hydrogen (secondary N) is 1. The molecule has 0 bridgehead atoms. The molecule has 2 nitrogen and oxygen atoms in total. The van der Waals surface area contributed by atoms with Gasteiger partial charge in [0.15, 0.2) is 0 Å². The molecule has 1 aliphatic rings. The first-order chi connectivity index (χ1) is 9.52. The van der Waals surface area contributed by atoms with Gasteiger partial charge in [0.25, 0.3) is 0 Å². The second-order valence-corrected chi connectivity index (χ2v) is 5.70. The first-order valence-electron chi connectivity index (χ1n) is 7.47. The highest BCUT2D eigenvalue weighted by Gasteiger charge is 2.19. The lowest BCUT2D eigenvalue weighted by atomic mass is 10.00. The van der Waals surface area contributed by atoms with Crippen LogP contribution < -0.4 is 10.2 Å². The van der Waals surface area contributed by atoms with Crippen LogP contribution in [-0.2, 0) is 0 Å². The van der Waals surface area contributed by atoms with Crippen molar-refractivity contribution >= 4 is 5.69 Å². The van der Waals surface area contributed by atoms with Crippen LogP contribution in [0.2, 0.25) is 0 Å². The molecule has 1 unspecified atom stereocenters. The van der Waals surface area contributed by atoms with Crippen LogP contribution >= 0.6 is 0 Å². The molecule has 20 heavy (non-hydrogen) atoms. The molecule has 110 valence electrons. The minimum atomic E-state index is -0.113. The van der Waals surface area contributed by atoms with Crippen molar-refractivity contribution in [2.24, 2.45) is 0 Å². The molecule has 3 heteroatoms. The van der Waals surface area contributed by atoms with Crippen LogP contribution in [0.25, 0.3) is 0 Å². The molecule has 0 fully saturated rings. The first-order valence-corrected chi connectivity index (χ1v) is 7.47. The van der Waals surface area contributed by atoms with Crippen LogP contribution in [0, 0.1) is 12.7 Å². The standard InChI is InChI=1S/C17H25FN2/c1-5-19-14(4)15-10-16(18)13(3)9-17(15)20-8-6-7-12(2)11-20/h7,9-10,14,19H,5-6,8,11H2,1-4H3. The summed E-state index contributed by atoms with van der Waals surface area (Å²) in [7, 11) is 0. The number of halogens is 1. The average molecular weight is 276 g/mol. The van der Waals surface area contributed by atoms with E-state index in [1.807, 2.05) is 13.0 Å². The van der Waals surface area contributed by atoms with Crippen molar-refractivity contribution in [1.29, 1.82) is 0 Å². The Morgan fingerprint density at radius 2 is 2.10 bits per heavy atom. The number of nitrogens with zero attached hydrogens (tertiary/aromatic N) is 1. The molecule has 1 heterocycles. The van der Waals surface area contributed by atoms with Crippen molar-refractivity contribution in [2.75, 3.05) is 24.5 Å². The third-order valence-corrected chi connectivity index (χ3v) is 3.96. The smallest absolute Gasteiger partial charge is 0.126 e. The third-order valence-electron chi connectivity index (χ3n) is 3.96. The summed E-state index contributed by atoms with van der Waals surface area (Å²) in [4.78, 5) is 2.37. The minimum absolute atomic E-state index is 0.113. The maximum Gasteiger partial charge on any atom is 0.126 e. The SMILES string of the molecule is CCNC(C)c1cc(F)c(C)cc1N1CCC=C(C)C1. The van der Waals surface area contributed by atoms with E-state index in [1.54, 1.807) is 6.07 Å². The highest BCUT2D eigenvalue weighted by molar-refractivity contribution is 5.58. The number of anilines is 1. The maximum atomic E-state index is 13.9. The van der Waals surface area contributed by atoms with Crippen LogP contribution in [0.3, 0.4) is 0 Å². The van der Waals surface area contributed by atoms with Crippen molar-refractivity contribution < 1.29 is 4.39 Å². The second-order valence-electron chi connectivity index (χ2n) is 5.70. The molecule has 0 aromatic heterocycles. The summed E-state index contributed by atoms with van der Waals surface area (Å²) in [5, 5.41) is 3.39. The molecule has 1 N–H and O–H groups in total. The number of hydrogen-bond acceptors (Lipinski definition) is 2. The molecule has 0 amide bonds. The Morgan fingerprint density at radius 1 is 1.35 bits per heavy atom. The summed E-state index contributed by atoms with van der Waals surface area (Å²) in [5.74, 6) is -0.113. The van der Waals surface area contributed by atoms with E-state index in [-0.39, 0.29) is 11.9 Å². The van der Waals surface area contributed by atoms with Gasteiger partial charge in [0.05, 0.1) is 0 Å². The highest BCUT2D eigenvalue weighted by atomic mass is 19.1. The number of hydrogen-bond donors (Lipinski definition) is 1. The van der Waals surface area contributed by atoms with Crippen LogP contribution in [0.4, 0.5) is 10.1 Å². The quantitative estimate of drug-likeness (QED) is 0.837. The van der Waals surface area contributed by atoms with E-state index in [4.69, 9.17) is 0 Å². The predicted octanol–water partition coefficient (Wildman–Crippen LogP) is 3.96. The maximum absolute atomic E-state index is 13.9. The molecular formula is C17H25FN2. The molecule has 0 radical (unpaired) electrons. The van der Waals surface area contributed by atoms with Crippen molar-refractivity contribution in [1.82, 2.24) is 5.32 Å². The Bertz CT molecular complexity index is 508. The first kappa shape index (κ1) is 15.0. The number of rotatable bonds is 4. The fourth-order valence-electron chi connectivity index (χ4n) is 2.84. The van der Waals surface area contributed by atoms with Crippen LogP contribution in [-0.4, -0.2) is 19.6 Å². The van der Waals surface area contributed by atoms with E-state index >= 15 is 0 Å². The van der Waals surface area contributed by atoms with Gasteiger partial charge in [0.2, 0.25) is 0 Å². The fraction of sp³-hybridized carbons (Fsp3) is 0.529. The zero-order chi connectivity index (χ0) is 14.7. The second kappa shape index (κ2) is 6.40. The predicted molar refractivity (Wildman–Crippen MR) is 83.8 cm³/mol. The largest absolute Gasteiger partial charge is 0.367 e. The summed E-state index contributed by atoms with van der Waals surface area (Å²) >= 11 is 0. The van der Waals surface area contributed by atoms with Gasteiger partial charge in [0.1, 0.15) is 5.82 Å². The molecular weight excluding hydrogens is 251 g/mol. The molecule has 0 saturated heterocycles. The zero-order valence-corrected chi connectivity index (χ0v) is 13.0. The van der Waals surface area contributed by atoms with Gasteiger partial charge < -0.3 is 10.2 Å². The zero-order valence-electron chi connectivity index (χ0n) is 13.0. The Kier molecular flexibility index (Phi) is 4.81. The Morgan fingerprint density at radius 3 is 2.75 bits per heavy atom. The average Bonchev–Trinajstić information content (AvgIpc) is 2.41. The Hall–Kier alpha value is -1.35. The summed E-state index contributed by atoms with van der Waals surface area (Å²) in [6.45, 7) is 11.0. The normalized spacial score (nSPS) is 17.1. The van der Waals surface area contributed by atoms with Gasteiger partial charge in [-0.05, 0) is 57.0 Å². The summed E-state index contributed by atoms with van der Waals surface area (Å²) in [5.41, 5.74) is 4.34. The summed E-state index contributed by atoms with van der Waals surface area (Å²) in [6, 6.07) is 3.86. The molecule has 1 aromatic carbocycles. The minimum Gasteiger partial charge on any atom is -0.367 e. The molecule has 2 rings (SSSR count). The van der Waals surface area contributed by atoms with E-state index in [9.17, 15) is 4.39 Å². The van der Waals surface area contributed by atoms with Crippen LogP contribution in [0.1, 0.15) is 44.4 Å². The van der Waals surface area contributed by atoms with Gasteiger partial charge >= 0.3 is 0 Å². The Labute approximate surface area is 121 Å². The summed E-state index contributed by atoms with van der Waals surface area (Å²) < 4.78 is 13.9. The Balaban J connectivity index is 2.39. The fourth-order valence-corrected chi connectivity index (χ4v) is 2.84. The topological polar surface area (TPSA) is 15.3 Å². The van der Waals surface area contributed by atoms with Gasteiger partial charge in [-0.1, -0.05) is 18.6 Å². The lowest BCUT2D eigenvalue weighted by Crippen LogP contribution is -2.31. The monoisotopic (exact) mass is 276 g/mol. The van der Waals surface area contributed by atoms with Crippen LogP contribution in [0.5, 0.6) is 0 Å².